The first-order valence-corrected chi connectivity index (χ1v) is 9.77. The number of H-pyrrole nitrogens is 1. The zero-order chi connectivity index (χ0) is 21.7. The van der Waals surface area contributed by atoms with Crippen molar-refractivity contribution in [2.24, 2.45) is 7.05 Å². The number of unbranched alkanes of at least 4 members (excludes halogenated alkanes) is 1. The van der Waals surface area contributed by atoms with Crippen molar-refractivity contribution in [1.82, 2.24) is 19.1 Å². The molecule has 0 atom stereocenters. The van der Waals surface area contributed by atoms with Crippen LogP contribution in [0.1, 0.15) is 35.9 Å². The number of hydrogen-bond donors (Lipinski definition) is 3. The third kappa shape index (κ3) is 4.28. The van der Waals surface area contributed by atoms with E-state index in [0.717, 1.165) is 12.8 Å². The van der Waals surface area contributed by atoms with Crippen LogP contribution in [0.2, 0.25) is 0 Å². The summed E-state index contributed by atoms with van der Waals surface area (Å²) < 4.78 is 8.37. The summed E-state index contributed by atoms with van der Waals surface area (Å²) in [5, 5.41) is 11.9. The van der Waals surface area contributed by atoms with Crippen molar-refractivity contribution in [3.8, 4) is 0 Å². The van der Waals surface area contributed by atoms with E-state index in [9.17, 15) is 14.4 Å². The quantitative estimate of drug-likeness (QED) is 0.444. The molecule has 2 heterocycles. The number of anilines is 1. The van der Waals surface area contributed by atoms with Gasteiger partial charge in [-0.2, -0.15) is 0 Å². The van der Waals surface area contributed by atoms with Crippen LogP contribution in [0.4, 0.5) is 5.69 Å². The fraction of sp³-hybridized carbons (Fsp3) is 0.400. The molecule has 30 heavy (non-hydrogen) atoms. The lowest BCUT2D eigenvalue weighted by Gasteiger charge is -2.10. The Bertz CT molecular complexity index is 1160. The first-order chi connectivity index (χ1) is 14.5. The lowest BCUT2D eigenvalue weighted by atomic mass is 10.2. The van der Waals surface area contributed by atoms with Crippen molar-refractivity contribution in [2.45, 2.75) is 32.9 Å². The van der Waals surface area contributed by atoms with Crippen molar-refractivity contribution < 1.29 is 14.6 Å². The maximum atomic E-state index is 12.6. The maximum Gasteiger partial charge on any atom is 0.340 e. The number of aliphatic hydroxyl groups excluding tert-OH is 1. The second-order valence-corrected chi connectivity index (χ2v) is 6.80. The molecule has 0 amide bonds. The Morgan fingerprint density at radius 2 is 2.07 bits per heavy atom. The summed E-state index contributed by atoms with van der Waals surface area (Å²) in [7, 11) is 1.64. The Labute approximate surface area is 172 Å². The van der Waals surface area contributed by atoms with Gasteiger partial charge in [-0.1, -0.05) is 25.5 Å². The molecule has 1 aromatic carbocycles. The van der Waals surface area contributed by atoms with Crippen LogP contribution in [-0.2, 0) is 24.9 Å². The number of fused-ring (bicyclic) bond motifs is 1. The molecule has 0 aliphatic heterocycles. The van der Waals surface area contributed by atoms with Crippen molar-refractivity contribution in [3.63, 3.8) is 0 Å². The van der Waals surface area contributed by atoms with Crippen LogP contribution >= 0.6 is 0 Å². The highest BCUT2D eigenvalue weighted by Crippen LogP contribution is 2.17. The molecule has 0 bridgehead atoms. The van der Waals surface area contributed by atoms with E-state index in [1.807, 2.05) is 6.92 Å². The number of rotatable bonds is 9. The Balaban J connectivity index is 1.88. The first-order valence-electron chi connectivity index (χ1n) is 9.77. The van der Waals surface area contributed by atoms with Gasteiger partial charge in [0.05, 0.1) is 12.2 Å². The maximum absolute atomic E-state index is 12.6. The summed E-state index contributed by atoms with van der Waals surface area (Å²) in [6.07, 6.45) is 1.65. The molecule has 0 radical (unpaired) electrons. The van der Waals surface area contributed by atoms with E-state index in [4.69, 9.17) is 9.84 Å². The summed E-state index contributed by atoms with van der Waals surface area (Å²) in [6, 6.07) is 6.81. The Hall–Kier alpha value is -3.40. The molecule has 0 saturated heterocycles. The average molecular weight is 415 g/mol. The molecule has 0 aliphatic rings. The van der Waals surface area contributed by atoms with E-state index >= 15 is 0 Å². The minimum atomic E-state index is -0.569. The van der Waals surface area contributed by atoms with Gasteiger partial charge in [-0.3, -0.25) is 14.3 Å². The number of para-hydroxylation sites is 1. The van der Waals surface area contributed by atoms with Crippen molar-refractivity contribution in [3.05, 3.63) is 56.5 Å². The summed E-state index contributed by atoms with van der Waals surface area (Å²) >= 11 is 0. The van der Waals surface area contributed by atoms with E-state index in [1.54, 1.807) is 31.3 Å². The van der Waals surface area contributed by atoms with Crippen LogP contribution in [0.15, 0.2) is 33.9 Å². The number of ether oxygens (including phenoxy) is 1. The third-order valence-electron chi connectivity index (χ3n) is 4.75. The number of nitrogens with one attached hydrogen (secondary N) is 2. The molecular formula is C20H25N5O5. The molecular weight excluding hydrogens is 390 g/mol. The molecule has 3 aromatic rings. The highest BCUT2D eigenvalue weighted by molar-refractivity contribution is 5.95. The molecule has 3 rings (SSSR count). The molecule has 3 N–H and O–H groups in total. The SMILES string of the molecule is CCCCn1c(=O)[nH]c(=O)c2c1nc(COC(=O)c1ccccc1NCCO)n2C. The zero-order valence-electron chi connectivity index (χ0n) is 17.0. The fourth-order valence-electron chi connectivity index (χ4n) is 3.16. The number of aromatic amines is 1. The number of carbonyl (C=O) groups excluding carboxylic acids is 1. The monoisotopic (exact) mass is 415 g/mol. The van der Waals surface area contributed by atoms with Crippen molar-refractivity contribution >= 4 is 22.8 Å². The Morgan fingerprint density at radius 3 is 2.80 bits per heavy atom. The Morgan fingerprint density at radius 1 is 1.30 bits per heavy atom. The number of benzene rings is 1. The van der Waals surface area contributed by atoms with Gasteiger partial charge in [0.25, 0.3) is 5.56 Å². The largest absolute Gasteiger partial charge is 0.454 e. The normalized spacial score (nSPS) is 11.0. The van der Waals surface area contributed by atoms with Crippen LogP contribution < -0.4 is 16.6 Å². The molecule has 0 saturated carbocycles. The van der Waals surface area contributed by atoms with Gasteiger partial charge in [-0.15, -0.1) is 0 Å². The average Bonchev–Trinajstić information content (AvgIpc) is 3.07. The van der Waals surface area contributed by atoms with E-state index in [1.165, 1.54) is 9.13 Å². The molecule has 2 aromatic heterocycles. The third-order valence-corrected chi connectivity index (χ3v) is 4.75. The van der Waals surface area contributed by atoms with Gasteiger partial charge in [0, 0.05) is 25.8 Å². The van der Waals surface area contributed by atoms with Crippen LogP contribution in [0.25, 0.3) is 11.2 Å². The van der Waals surface area contributed by atoms with Gasteiger partial charge in [0.15, 0.2) is 11.2 Å². The van der Waals surface area contributed by atoms with Gasteiger partial charge in [-0.25, -0.2) is 14.6 Å². The molecule has 0 aliphatic carbocycles. The number of hydrogen-bond acceptors (Lipinski definition) is 7. The van der Waals surface area contributed by atoms with Crippen LogP contribution in [-0.4, -0.2) is 43.3 Å². The summed E-state index contributed by atoms with van der Waals surface area (Å²) in [4.78, 5) is 43.8. The Kier molecular flexibility index (Phi) is 6.68. The number of esters is 1. The molecule has 0 spiro atoms. The second kappa shape index (κ2) is 9.40. The predicted octanol–water partition coefficient (Wildman–Crippen LogP) is 0.985. The van der Waals surface area contributed by atoms with E-state index in [-0.39, 0.29) is 24.4 Å². The molecule has 10 heteroatoms. The van der Waals surface area contributed by atoms with Crippen LogP contribution in [0.3, 0.4) is 0 Å². The van der Waals surface area contributed by atoms with Crippen LogP contribution in [0, 0.1) is 0 Å². The van der Waals surface area contributed by atoms with Gasteiger partial charge >= 0.3 is 11.7 Å². The summed E-state index contributed by atoms with van der Waals surface area (Å²) in [5.41, 5.74) is 0.353. The van der Waals surface area contributed by atoms with Gasteiger partial charge in [0.1, 0.15) is 12.4 Å². The minimum Gasteiger partial charge on any atom is -0.454 e. The smallest absolute Gasteiger partial charge is 0.340 e. The molecule has 10 nitrogen and oxygen atoms in total. The van der Waals surface area contributed by atoms with Crippen LogP contribution in [0.5, 0.6) is 0 Å². The van der Waals surface area contributed by atoms with Gasteiger partial charge in [-0.05, 0) is 18.6 Å². The van der Waals surface area contributed by atoms with Gasteiger partial charge in [0.2, 0.25) is 0 Å². The standard InChI is InChI=1S/C20H25N5O5/c1-3-4-10-25-17-16(18(27)23-20(25)29)24(2)15(22-17)12-30-19(28)13-7-5-6-8-14(13)21-9-11-26/h5-8,21,26H,3-4,9-12H2,1-2H3,(H,23,27,29). The number of carbonyl (C=O) groups is 1. The molecule has 0 fully saturated rings. The zero-order valence-corrected chi connectivity index (χ0v) is 17.0. The lowest BCUT2D eigenvalue weighted by Crippen LogP contribution is -2.31. The summed E-state index contributed by atoms with van der Waals surface area (Å²) in [6.45, 7) is 2.50. The number of imidazole rings is 1. The van der Waals surface area contributed by atoms with Crippen molar-refractivity contribution in [1.29, 1.82) is 0 Å². The molecule has 0 unspecified atom stereocenters. The first kappa shape index (κ1) is 21.3. The van der Waals surface area contributed by atoms with E-state index in [2.05, 4.69) is 15.3 Å². The topological polar surface area (TPSA) is 131 Å². The number of aliphatic hydroxyl groups is 1. The van der Waals surface area contributed by atoms with Crippen molar-refractivity contribution in [2.75, 3.05) is 18.5 Å². The highest BCUT2D eigenvalue weighted by Gasteiger charge is 2.18. The minimum absolute atomic E-state index is 0.0719. The van der Waals surface area contributed by atoms with E-state index in [0.29, 0.717) is 30.2 Å². The van der Waals surface area contributed by atoms with E-state index < -0.39 is 17.2 Å². The number of aryl methyl sites for hydroxylation is 2. The fourth-order valence-corrected chi connectivity index (χ4v) is 3.16. The predicted molar refractivity (Wildman–Crippen MR) is 112 cm³/mol. The summed E-state index contributed by atoms with van der Waals surface area (Å²) in [5.74, 6) is -0.221. The second-order valence-electron chi connectivity index (χ2n) is 6.80. The highest BCUT2D eigenvalue weighted by atomic mass is 16.5. The lowest BCUT2D eigenvalue weighted by molar-refractivity contribution is 0.0460. The number of aromatic nitrogens is 4. The molecule has 160 valence electrons. The number of nitrogens with zero attached hydrogens (tertiary/aromatic N) is 3. The van der Waals surface area contributed by atoms with Gasteiger partial charge < -0.3 is 19.7 Å².